The molecule has 111 heavy (non-hydrogen) atoms. The van der Waals surface area contributed by atoms with E-state index in [0.29, 0.717) is 19.3 Å². The van der Waals surface area contributed by atoms with Crippen LogP contribution < -0.4 is 0 Å². The van der Waals surface area contributed by atoms with Crippen molar-refractivity contribution >= 4 is 33.6 Å². The summed E-state index contributed by atoms with van der Waals surface area (Å²) in [4.78, 5) is 58.8. The summed E-state index contributed by atoms with van der Waals surface area (Å²) in [5.41, 5.74) is 0. The van der Waals surface area contributed by atoms with E-state index in [-0.39, 0.29) is 19.3 Å². The van der Waals surface area contributed by atoms with Gasteiger partial charge in [0.25, 0.3) is 0 Å². The number of hydrogen-bond donors (Lipinski definition) is 4. The molecule has 0 radical (unpaired) electrons. The number of carbonyl (C=O) groups is 3. The average molecular weight is 1590 g/mol. The second-order valence-electron chi connectivity index (χ2n) is 29.0. The fraction of sp³-hybridized carbons (Fsp3) is 0.688. The van der Waals surface area contributed by atoms with Crippen LogP contribution in [0.5, 0.6) is 0 Å². The molecule has 0 aromatic carbocycles. The van der Waals surface area contributed by atoms with E-state index >= 15 is 0 Å². The number of aliphatic hydroxyl groups excluding tert-OH is 2. The molecular weight excluding hydrogens is 1430 g/mol. The first-order chi connectivity index (χ1) is 54.2. The van der Waals surface area contributed by atoms with Crippen molar-refractivity contribution in [3.63, 3.8) is 0 Å². The van der Waals surface area contributed by atoms with E-state index in [0.717, 1.165) is 148 Å². The third-order valence-corrected chi connectivity index (χ3v) is 20.1. The number of esters is 3. The minimum atomic E-state index is -4.95. The SMILES string of the molecule is CC/C=C\C/C=C\C/C=C\C/C=C\C/C=C\C/C=C\CCCCC(=O)OCC(COP(=O)(O)OCC(O)COP(=O)(O)OCC(O)COC(=O)CCCCCCCCCCCCCCCCCCCCC/C=C\C/C=C\C/C=C\C/C=C\CCCCC)OC(=O)CCCCCCCC/C=C\C/C=C\C/C=C\CCCCC. The number of carbonyl (C=O) groups excluding carboxylic acids is 3. The summed E-state index contributed by atoms with van der Waals surface area (Å²) in [7, 11) is -9.82. The molecule has 0 rings (SSSR count). The van der Waals surface area contributed by atoms with Crippen LogP contribution in [0.1, 0.15) is 355 Å². The van der Waals surface area contributed by atoms with Gasteiger partial charge in [0.15, 0.2) is 6.10 Å². The number of phosphoric ester groups is 2. The minimum Gasteiger partial charge on any atom is -0.463 e. The number of aliphatic hydroxyl groups is 2. The molecule has 5 atom stereocenters. The Morgan fingerprint density at radius 1 is 0.261 bits per heavy atom. The van der Waals surface area contributed by atoms with Gasteiger partial charge in [-0.25, -0.2) is 9.13 Å². The summed E-state index contributed by atoms with van der Waals surface area (Å²) in [6.45, 7) is 2.47. The maximum Gasteiger partial charge on any atom is 0.472 e. The van der Waals surface area contributed by atoms with Gasteiger partial charge in [-0.1, -0.05) is 339 Å². The summed E-state index contributed by atoms with van der Waals surface area (Å²) < 4.78 is 61.3. The highest BCUT2D eigenvalue weighted by Gasteiger charge is 2.29. The van der Waals surface area contributed by atoms with Crippen LogP contribution in [0.25, 0.3) is 0 Å². The van der Waals surface area contributed by atoms with Crippen molar-refractivity contribution in [1.82, 2.24) is 0 Å². The lowest BCUT2D eigenvalue weighted by Gasteiger charge is -2.21. The number of rotatable bonds is 82. The summed E-state index contributed by atoms with van der Waals surface area (Å²) >= 11 is 0. The van der Waals surface area contributed by atoms with Crippen LogP contribution in [-0.4, -0.2) is 95.9 Å². The molecule has 0 amide bonds. The molecule has 16 nitrogen and oxygen atoms in total. The Morgan fingerprint density at radius 3 is 0.775 bits per heavy atom. The van der Waals surface area contributed by atoms with Gasteiger partial charge < -0.3 is 34.2 Å². The molecule has 0 bridgehead atoms. The van der Waals surface area contributed by atoms with E-state index < -0.39 is 91.5 Å². The molecule has 0 aromatic rings. The first kappa shape index (κ1) is 106. The molecule has 0 heterocycles. The van der Waals surface area contributed by atoms with Crippen LogP contribution in [0.15, 0.2) is 158 Å². The van der Waals surface area contributed by atoms with Gasteiger partial charge in [0.05, 0.1) is 26.4 Å². The van der Waals surface area contributed by atoms with Crippen molar-refractivity contribution in [2.24, 2.45) is 0 Å². The minimum absolute atomic E-state index is 0.0756. The van der Waals surface area contributed by atoms with Crippen molar-refractivity contribution in [2.75, 3.05) is 39.6 Å². The zero-order valence-corrected chi connectivity index (χ0v) is 71.6. The zero-order valence-electron chi connectivity index (χ0n) is 69.8. The molecule has 18 heteroatoms. The molecule has 0 aliphatic rings. The molecule has 0 aromatic heterocycles. The van der Waals surface area contributed by atoms with Gasteiger partial charge in [-0.15, -0.1) is 0 Å². The number of hydrogen-bond acceptors (Lipinski definition) is 14. The van der Waals surface area contributed by atoms with Crippen LogP contribution in [-0.2, 0) is 55.8 Å². The van der Waals surface area contributed by atoms with Gasteiger partial charge in [-0.05, 0) is 154 Å². The average Bonchev–Trinajstić information content (AvgIpc) is 0.902. The van der Waals surface area contributed by atoms with Crippen molar-refractivity contribution < 1.29 is 75.8 Å². The Kier molecular flexibility index (Phi) is 80.9. The Morgan fingerprint density at radius 2 is 0.477 bits per heavy atom. The largest absolute Gasteiger partial charge is 0.472 e. The number of ether oxygens (including phenoxy) is 3. The molecule has 5 unspecified atom stereocenters. The summed E-state index contributed by atoms with van der Waals surface area (Å²) in [5.74, 6) is -1.64. The molecule has 636 valence electrons. The third kappa shape index (κ3) is 85.9. The smallest absolute Gasteiger partial charge is 0.463 e. The first-order valence-electron chi connectivity index (χ1n) is 43.8. The van der Waals surface area contributed by atoms with Gasteiger partial charge in [-0.2, -0.15) is 0 Å². The molecule has 0 spiro atoms. The maximum atomic E-state index is 13.0. The first-order valence-corrected chi connectivity index (χ1v) is 46.8. The predicted octanol–water partition coefficient (Wildman–Crippen LogP) is 26.5. The predicted molar refractivity (Wildman–Crippen MR) is 463 cm³/mol. The molecular formula is C93H158O16P2. The van der Waals surface area contributed by atoms with Crippen molar-refractivity contribution in [1.29, 1.82) is 0 Å². The fourth-order valence-electron chi connectivity index (χ4n) is 11.6. The Bertz CT molecular complexity index is 2650. The monoisotopic (exact) mass is 1590 g/mol. The highest BCUT2D eigenvalue weighted by molar-refractivity contribution is 7.47. The number of allylic oxidation sites excluding steroid dienone is 26. The van der Waals surface area contributed by atoms with E-state index in [9.17, 15) is 43.5 Å². The highest BCUT2D eigenvalue weighted by Crippen LogP contribution is 2.45. The van der Waals surface area contributed by atoms with E-state index in [2.05, 4.69) is 179 Å². The van der Waals surface area contributed by atoms with Crippen LogP contribution >= 0.6 is 15.6 Å². The summed E-state index contributed by atoms with van der Waals surface area (Å²) in [5, 5.41) is 20.7. The standard InChI is InChI=1S/C93H158O16P2/c1-4-7-10-13-16-19-22-25-28-31-34-36-37-38-39-40-41-42-43-44-45-46-47-48-49-51-54-55-58-61-64-67-70-73-76-79-91(96)103-82-88(94)83-105-110(99,100)106-84-89(95)85-107-111(101,102)108-87-90(109-93(98)81-78-75-72-69-66-63-60-57-52-33-30-27-24-21-18-15-12-9-6-3)86-104-92(97)80-77-74-71-68-65-62-59-56-53-50-35-32-29-26-23-20-17-14-11-8-5-2/h8,11,16-21,25-30,34-36,38-39,50,52,56-57,59,65,68,88-90,94-95H,4-7,9-10,12-15,22-24,31-33,37,40-49,51,53-55,58,60-64,66-67,69-87H2,1-3H3,(H,99,100)(H,101,102)/b11-8-,19-16-,20-17-,21-18-,28-25-,29-26-,30-27-,36-34-,39-38-,50-35-,57-52-,59-56-,68-65-. The molecule has 0 saturated heterocycles. The lowest BCUT2D eigenvalue weighted by molar-refractivity contribution is -0.161. The quantitative estimate of drug-likeness (QED) is 0.0146. The fourth-order valence-corrected chi connectivity index (χ4v) is 13.2. The second kappa shape index (κ2) is 84.6. The maximum absolute atomic E-state index is 13.0. The van der Waals surface area contributed by atoms with Crippen LogP contribution in [0, 0.1) is 0 Å². The summed E-state index contributed by atoms with van der Waals surface area (Å²) in [6.07, 6.45) is 107. The van der Waals surface area contributed by atoms with E-state index in [4.69, 9.17) is 32.3 Å². The zero-order chi connectivity index (χ0) is 80.8. The van der Waals surface area contributed by atoms with Gasteiger partial charge in [0.2, 0.25) is 0 Å². The van der Waals surface area contributed by atoms with Crippen molar-refractivity contribution in [2.45, 2.75) is 373 Å². The topological polar surface area (TPSA) is 231 Å². The van der Waals surface area contributed by atoms with Crippen LogP contribution in [0.4, 0.5) is 0 Å². The van der Waals surface area contributed by atoms with E-state index in [1.165, 1.54) is 148 Å². The van der Waals surface area contributed by atoms with E-state index in [1.807, 2.05) is 0 Å². The number of unbranched alkanes of at least 4 members (excludes halogenated alkanes) is 33. The van der Waals surface area contributed by atoms with Gasteiger partial charge >= 0.3 is 33.6 Å². The normalized spacial score (nSPS) is 14.6. The summed E-state index contributed by atoms with van der Waals surface area (Å²) in [6, 6.07) is 0. The Labute approximate surface area is 676 Å². The third-order valence-electron chi connectivity index (χ3n) is 18.2. The molecule has 0 fully saturated rings. The van der Waals surface area contributed by atoms with Gasteiger partial charge in [-0.3, -0.25) is 32.5 Å². The molecule has 0 saturated carbocycles. The lowest BCUT2D eigenvalue weighted by atomic mass is 10.0. The Hall–Kier alpha value is -4.83. The van der Waals surface area contributed by atoms with Crippen molar-refractivity contribution in [3.8, 4) is 0 Å². The van der Waals surface area contributed by atoms with E-state index in [1.54, 1.807) is 0 Å². The number of phosphoric acid groups is 2. The highest BCUT2D eigenvalue weighted by atomic mass is 31.2. The molecule has 0 aliphatic carbocycles. The Balaban J connectivity index is 4.52. The lowest BCUT2D eigenvalue weighted by Crippen LogP contribution is -2.30. The van der Waals surface area contributed by atoms with Gasteiger partial charge in [0, 0.05) is 19.3 Å². The van der Waals surface area contributed by atoms with Crippen molar-refractivity contribution in [3.05, 3.63) is 158 Å². The van der Waals surface area contributed by atoms with Gasteiger partial charge in [0.1, 0.15) is 25.4 Å². The van der Waals surface area contributed by atoms with Crippen LogP contribution in [0.3, 0.4) is 0 Å². The molecule has 4 N–H and O–H groups in total. The second-order valence-corrected chi connectivity index (χ2v) is 31.9. The molecule has 0 aliphatic heterocycles. The van der Waals surface area contributed by atoms with Crippen LogP contribution in [0.2, 0.25) is 0 Å².